The maximum Gasteiger partial charge on any atom is 0.393 e. The van der Waals surface area contributed by atoms with Crippen LogP contribution in [0.2, 0.25) is 0 Å². The van der Waals surface area contributed by atoms with Gasteiger partial charge in [-0.2, -0.15) is 23.1 Å². The fourth-order valence-corrected chi connectivity index (χ4v) is 4.09. The summed E-state index contributed by atoms with van der Waals surface area (Å²) in [4.78, 5) is 10.6. The normalized spacial score (nSPS) is 17.4. The Kier molecular flexibility index (Phi) is 4.33. The number of halogens is 3. The molecule has 0 amide bonds. The number of rotatable bonds is 4. The fourth-order valence-electron chi connectivity index (χ4n) is 3.04. The van der Waals surface area contributed by atoms with Gasteiger partial charge in [-0.3, -0.25) is 0 Å². The first-order valence-electron chi connectivity index (χ1n) is 7.59. The van der Waals surface area contributed by atoms with Crippen LogP contribution in [0.4, 0.5) is 19.0 Å². The molecule has 3 rings (SSSR count). The zero-order valence-electron chi connectivity index (χ0n) is 13.4. The molecule has 1 saturated carbocycles. The van der Waals surface area contributed by atoms with E-state index in [9.17, 15) is 18.3 Å². The first-order valence-corrected chi connectivity index (χ1v) is 8.41. The SMILES string of the molecule is COc1nc(N(C)C2(O)CCCC2)c2cc(CC(F)(F)F)sc2n1. The van der Waals surface area contributed by atoms with Gasteiger partial charge in [0.1, 0.15) is 16.4 Å². The lowest BCUT2D eigenvalue weighted by Gasteiger charge is -2.35. The van der Waals surface area contributed by atoms with Crippen molar-refractivity contribution in [3.8, 4) is 6.01 Å². The van der Waals surface area contributed by atoms with Crippen molar-refractivity contribution in [2.45, 2.75) is 44.0 Å². The van der Waals surface area contributed by atoms with Crippen LogP contribution >= 0.6 is 11.3 Å². The van der Waals surface area contributed by atoms with E-state index in [4.69, 9.17) is 4.74 Å². The molecular weight excluding hydrogens is 343 g/mol. The quantitative estimate of drug-likeness (QED) is 0.845. The molecule has 132 valence electrons. The van der Waals surface area contributed by atoms with Crippen molar-refractivity contribution in [2.24, 2.45) is 0 Å². The summed E-state index contributed by atoms with van der Waals surface area (Å²) in [5.74, 6) is 0.394. The Morgan fingerprint density at radius 1 is 1.33 bits per heavy atom. The second kappa shape index (κ2) is 6.03. The maximum atomic E-state index is 12.7. The van der Waals surface area contributed by atoms with Gasteiger partial charge in [0.15, 0.2) is 0 Å². The molecule has 0 radical (unpaired) electrons. The van der Waals surface area contributed by atoms with Crippen LogP contribution in [-0.4, -0.2) is 41.1 Å². The van der Waals surface area contributed by atoms with Crippen LogP contribution in [0.25, 0.3) is 10.2 Å². The summed E-state index contributed by atoms with van der Waals surface area (Å²) in [6.45, 7) is 0. The molecule has 0 spiro atoms. The number of anilines is 1. The van der Waals surface area contributed by atoms with Crippen molar-refractivity contribution in [1.29, 1.82) is 0 Å². The van der Waals surface area contributed by atoms with Gasteiger partial charge in [0.2, 0.25) is 0 Å². The zero-order chi connectivity index (χ0) is 17.5. The minimum Gasteiger partial charge on any atom is -0.467 e. The Balaban J connectivity index is 2.08. The van der Waals surface area contributed by atoms with Crippen LogP contribution in [0.3, 0.4) is 0 Å². The predicted octanol–water partition coefficient (Wildman–Crippen LogP) is 3.50. The molecule has 9 heteroatoms. The average Bonchev–Trinajstić information content (AvgIpc) is 3.10. The first kappa shape index (κ1) is 17.2. The number of nitrogens with zero attached hydrogens (tertiary/aromatic N) is 3. The second-order valence-corrected chi connectivity index (χ2v) is 7.12. The lowest BCUT2D eigenvalue weighted by molar-refractivity contribution is -0.126. The lowest BCUT2D eigenvalue weighted by atomic mass is 10.1. The highest BCUT2D eigenvalue weighted by atomic mass is 32.1. The van der Waals surface area contributed by atoms with E-state index in [1.54, 1.807) is 11.9 Å². The van der Waals surface area contributed by atoms with Crippen LogP contribution in [0.1, 0.15) is 30.6 Å². The van der Waals surface area contributed by atoms with E-state index in [0.717, 1.165) is 24.2 Å². The number of aromatic nitrogens is 2. The van der Waals surface area contributed by atoms with E-state index in [1.807, 2.05) is 0 Å². The number of aliphatic hydroxyl groups is 1. The third-order valence-electron chi connectivity index (χ3n) is 4.31. The standard InChI is InChI=1S/C15H18F3N3O2S/c1-21(14(22)5-3-4-6-14)11-10-7-9(8-15(16,17)18)24-12(10)20-13(19-11)23-2/h7,22H,3-6,8H2,1-2H3. The summed E-state index contributed by atoms with van der Waals surface area (Å²) in [6, 6.07) is 1.53. The average molecular weight is 361 g/mol. The smallest absolute Gasteiger partial charge is 0.393 e. The highest BCUT2D eigenvalue weighted by molar-refractivity contribution is 7.18. The van der Waals surface area contributed by atoms with E-state index < -0.39 is 18.3 Å². The predicted molar refractivity (Wildman–Crippen MR) is 85.5 cm³/mol. The van der Waals surface area contributed by atoms with E-state index in [-0.39, 0.29) is 10.9 Å². The van der Waals surface area contributed by atoms with Crippen LogP contribution in [-0.2, 0) is 6.42 Å². The van der Waals surface area contributed by atoms with Gasteiger partial charge in [0, 0.05) is 11.9 Å². The van der Waals surface area contributed by atoms with Gasteiger partial charge < -0.3 is 14.7 Å². The monoisotopic (exact) mass is 361 g/mol. The number of alkyl halides is 3. The molecule has 0 atom stereocenters. The zero-order valence-corrected chi connectivity index (χ0v) is 14.2. The third kappa shape index (κ3) is 3.27. The van der Waals surface area contributed by atoms with Crippen molar-refractivity contribution < 1.29 is 23.0 Å². The molecule has 2 heterocycles. The van der Waals surface area contributed by atoms with Crippen LogP contribution in [0.15, 0.2) is 6.07 Å². The number of fused-ring (bicyclic) bond motifs is 1. The Morgan fingerprint density at radius 2 is 2.00 bits per heavy atom. The molecule has 1 aliphatic rings. The minimum atomic E-state index is -4.28. The van der Waals surface area contributed by atoms with E-state index in [2.05, 4.69) is 9.97 Å². The Bertz CT molecular complexity index is 741. The van der Waals surface area contributed by atoms with Gasteiger partial charge in [-0.05, 0) is 31.7 Å². The topological polar surface area (TPSA) is 58.5 Å². The first-order chi connectivity index (χ1) is 11.2. The fraction of sp³-hybridized carbons (Fsp3) is 0.600. The van der Waals surface area contributed by atoms with Gasteiger partial charge in [0.25, 0.3) is 0 Å². The largest absolute Gasteiger partial charge is 0.467 e. The summed E-state index contributed by atoms with van der Waals surface area (Å²) < 4.78 is 43.1. The van der Waals surface area contributed by atoms with Gasteiger partial charge in [-0.25, -0.2) is 0 Å². The van der Waals surface area contributed by atoms with Crippen LogP contribution in [0, 0.1) is 0 Å². The maximum absolute atomic E-state index is 12.7. The molecule has 0 aromatic carbocycles. The second-order valence-electron chi connectivity index (χ2n) is 6.01. The minimum absolute atomic E-state index is 0.0753. The Hall–Kier alpha value is -1.61. The van der Waals surface area contributed by atoms with Gasteiger partial charge in [-0.1, -0.05) is 0 Å². The van der Waals surface area contributed by atoms with Crippen molar-refractivity contribution in [3.63, 3.8) is 0 Å². The van der Waals surface area contributed by atoms with E-state index in [1.165, 1.54) is 13.2 Å². The molecule has 2 aromatic rings. The molecular formula is C15H18F3N3O2S. The number of methoxy groups -OCH3 is 1. The van der Waals surface area contributed by atoms with E-state index >= 15 is 0 Å². The highest BCUT2D eigenvalue weighted by Gasteiger charge is 2.37. The Labute approximate surface area is 141 Å². The molecule has 1 fully saturated rings. The summed E-state index contributed by atoms with van der Waals surface area (Å²) >= 11 is 0.967. The summed E-state index contributed by atoms with van der Waals surface area (Å²) in [7, 11) is 3.10. The summed E-state index contributed by atoms with van der Waals surface area (Å²) in [5, 5.41) is 11.3. The van der Waals surface area contributed by atoms with Gasteiger partial charge in [-0.15, -0.1) is 11.3 Å². The molecule has 1 aliphatic carbocycles. The highest BCUT2D eigenvalue weighted by Crippen LogP contribution is 2.40. The molecule has 0 bridgehead atoms. The van der Waals surface area contributed by atoms with Crippen LogP contribution < -0.4 is 9.64 Å². The molecule has 1 N–H and O–H groups in total. The van der Waals surface area contributed by atoms with Crippen LogP contribution in [0.5, 0.6) is 6.01 Å². The number of hydrogen-bond acceptors (Lipinski definition) is 6. The number of thiophene rings is 1. The number of ether oxygens (including phenoxy) is 1. The number of hydrogen-bond donors (Lipinski definition) is 1. The molecule has 0 saturated heterocycles. The molecule has 0 unspecified atom stereocenters. The molecule has 24 heavy (non-hydrogen) atoms. The molecule has 0 aliphatic heterocycles. The van der Waals surface area contributed by atoms with Crippen molar-refractivity contribution in [1.82, 2.24) is 9.97 Å². The van der Waals surface area contributed by atoms with Crippen molar-refractivity contribution >= 4 is 27.4 Å². The summed E-state index contributed by atoms with van der Waals surface area (Å²) in [5.41, 5.74) is -1.04. The Morgan fingerprint density at radius 3 is 2.58 bits per heavy atom. The van der Waals surface area contributed by atoms with Gasteiger partial charge in [0.05, 0.1) is 18.9 Å². The van der Waals surface area contributed by atoms with E-state index in [0.29, 0.717) is 28.9 Å². The molecule has 2 aromatic heterocycles. The lowest BCUT2D eigenvalue weighted by Crippen LogP contribution is -2.44. The molecule has 5 nitrogen and oxygen atoms in total. The van der Waals surface area contributed by atoms with Crippen molar-refractivity contribution in [3.05, 3.63) is 10.9 Å². The van der Waals surface area contributed by atoms with Gasteiger partial charge >= 0.3 is 12.2 Å². The third-order valence-corrected chi connectivity index (χ3v) is 5.34. The summed E-state index contributed by atoms with van der Waals surface area (Å²) in [6.07, 6.45) is -2.31. The van der Waals surface area contributed by atoms with Crippen molar-refractivity contribution in [2.75, 3.05) is 19.1 Å².